The van der Waals surface area contributed by atoms with Gasteiger partial charge in [-0.05, 0) is 55.0 Å². The lowest BCUT2D eigenvalue weighted by molar-refractivity contribution is 0.0950. The van der Waals surface area contributed by atoms with Crippen LogP contribution in [-0.4, -0.2) is 5.78 Å². The summed E-state index contributed by atoms with van der Waals surface area (Å²) in [6, 6.07) is 12.6. The third-order valence-electron chi connectivity index (χ3n) is 4.15. The van der Waals surface area contributed by atoms with Gasteiger partial charge in [0.2, 0.25) is 0 Å². The van der Waals surface area contributed by atoms with E-state index in [1.807, 2.05) is 25.1 Å². The third-order valence-corrected chi connectivity index (χ3v) is 4.15. The van der Waals surface area contributed by atoms with Crippen LogP contribution in [0.5, 0.6) is 0 Å². The average Bonchev–Trinajstić information content (AvgIpc) is 2.48. The zero-order valence-corrected chi connectivity index (χ0v) is 11.5. The molecule has 0 saturated heterocycles. The molecule has 0 amide bonds. The Morgan fingerprint density at radius 1 is 1.20 bits per heavy atom. The fraction of sp³-hybridized carbons (Fsp3) is 0.278. The molecule has 2 aromatic carbocycles. The Morgan fingerprint density at radius 2 is 2.00 bits per heavy atom. The summed E-state index contributed by atoms with van der Waals surface area (Å²) in [7, 11) is 0. The molecule has 102 valence electrons. The van der Waals surface area contributed by atoms with Crippen LogP contribution >= 0.6 is 0 Å². The van der Waals surface area contributed by atoms with Gasteiger partial charge in [0.15, 0.2) is 5.78 Å². The monoisotopic (exact) mass is 268 g/mol. The predicted molar refractivity (Wildman–Crippen MR) is 77.6 cm³/mol. The number of hydrogen-bond acceptors (Lipinski definition) is 1. The first-order valence-corrected chi connectivity index (χ1v) is 7.05. The van der Waals surface area contributed by atoms with E-state index in [1.165, 1.54) is 17.7 Å². The van der Waals surface area contributed by atoms with Crippen molar-refractivity contribution in [1.29, 1.82) is 0 Å². The van der Waals surface area contributed by atoms with Gasteiger partial charge in [-0.1, -0.05) is 30.3 Å². The number of carbonyl (C=O) groups excluding carboxylic acids is 1. The highest BCUT2D eigenvalue weighted by molar-refractivity contribution is 6.02. The van der Waals surface area contributed by atoms with Gasteiger partial charge in [-0.15, -0.1) is 0 Å². The van der Waals surface area contributed by atoms with Crippen molar-refractivity contribution in [1.82, 2.24) is 0 Å². The van der Waals surface area contributed by atoms with Crippen molar-refractivity contribution in [3.8, 4) is 0 Å². The van der Waals surface area contributed by atoms with Crippen molar-refractivity contribution in [2.75, 3.05) is 0 Å². The summed E-state index contributed by atoms with van der Waals surface area (Å²) < 4.78 is 13.4. The summed E-state index contributed by atoms with van der Waals surface area (Å²) in [5.74, 6) is -0.419. The molecule has 0 radical (unpaired) electrons. The predicted octanol–water partition coefficient (Wildman–Crippen LogP) is 4.44. The number of rotatable bonds is 2. The minimum Gasteiger partial charge on any atom is -0.293 e. The van der Waals surface area contributed by atoms with E-state index in [-0.39, 0.29) is 17.5 Å². The molecule has 0 aromatic heterocycles. The van der Waals surface area contributed by atoms with Gasteiger partial charge in [-0.3, -0.25) is 4.79 Å². The number of halogens is 1. The SMILES string of the molecule is Cc1ccc(F)cc1C(=O)C1CCCc2ccccc21. The van der Waals surface area contributed by atoms with E-state index in [0.717, 1.165) is 30.4 Å². The lowest BCUT2D eigenvalue weighted by Gasteiger charge is -2.25. The Hall–Kier alpha value is -1.96. The smallest absolute Gasteiger partial charge is 0.170 e. The highest BCUT2D eigenvalue weighted by Crippen LogP contribution is 2.34. The van der Waals surface area contributed by atoms with Gasteiger partial charge < -0.3 is 0 Å². The summed E-state index contributed by atoms with van der Waals surface area (Å²) in [5.41, 5.74) is 3.74. The first-order valence-electron chi connectivity index (χ1n) is 7.05. The van der Waals surface area contributed by atoms with Gasteiger partial charge in [0.05, 0.1) is 0 Å². The van der Waals surface area contributed by atoms with Gasteiger partial charge in [-0.25, -0.2) is 4.39 Å². The zero-order chi connectivity index (χ0) is 14.1. The van der Waals surface area contributed by atoms with Crippen molar-refractivity contribution in [2.45, 2.75) is 32.1 Å². The highest BCUT2D eigenvalue weighted by atomic mass is 19.1. The Balaban J connectivity index is 2.02. The highest BCUT2D eigenvalue weighted by Gasteiger charge is 2.27. The molecular formula is C18H17FO. The van der Waals surface area contributed by atoms with Crippen molar-refractivity contribution >= 4 is 5.78 Å². The summed E-state index contributed by atoms with van der Waals surface area (Å²) in [5, 5.41) is 0. The summed E-state index contributed by atoms with van der Waals surface area (Å²) in [4.78, 5) is 12.8. The molecule has 0 spiro atoms. The van der Waals surface area contributed by atoms with Crippen LogP contribution in [0.4, 0.5) is 4.39 Å². The largest absolute Gasteiger partial charge is 0.293 e. The molecule has 0 N–H and O–H groups in total. The molecule has 1 aliphatic carbocycles. The second-order valence-corrected chi connectivity index (χ2v) is 5.47. The Kier molecular flexibility index (Phi) is 3.39. The summed E-state index contributed by atoms with van der Waals surface area (Å²) >= 11 is 0. The lowest BCUT2D eigenvalue weighted by atomic mass is 9.78. The van der Waals surface area contributed by atoms with Crippen LogP contribution in [0, 0.1) is 12.7 Å². The van der Waals surface area contributed by atoms with Gasteiger partial charge in [0.1, 0.15) is 5.82 Å². The summed E-state index contributed by atoms with van der Waals surface area (Å²) in [6.07, 6.45) is 2.90. The first-order chi connectivity index (χ1) is 9.66. The van der Waals surface area contributed by atoms with Gasteiger partial charge in [0, 0.05) is 11.5 Å². The molecule has 1 aliphatic rings. The van der Waals surface area contributed by atoms with E-state index >= 15 is 0 Å². The fourth-order valence-corrected chi connectivity index (χ4v) is 3.07. The number of aryl methyl sites for hydroxylation is 2. The molecule has 2 heteroatoms. The fourth-order valence-electron chi connectivity index (χ4n) is 3.07. The van der Waals surface area contributed by atoms with Crippen LogP contribution in [0.3, 0.4) is 0 Å². The standard InChI is InChI=1S/C18H17FO/c1-12-9-10-14(19)11-17(12)18(20)16-8-4-6-13-5-2-3-7-15(13)16/h2-3,5,7,9-11,16H,4,6,8H2,1H3. The van der Waals surface area contributed by atoms with Gasteiger partial charge >= 0.3 is 0 Å². The number of hydrogen-bond donors (Lipinski definition) is 0. The maximum atomic E-state index is 13.4. The topological polar surface area (TPSA) is 17.1 Å². The quantitative estimate of drug-likeness (QED) is 0.736. The maximum Gasteiger partial charge on any atom is 0.170 e. The molecule has 0 heterocycles. The Labute approximate surface area is 118 Å². The molecule has 0 saturated carbocycles. The Morgan fingerprint density at radius 3 is 2.85 bits per heavy atom. The molecule has 0 bridgehead atoms. The van der Waals surface area contributed by atoms with Gasteiger partial charge in [0.25, 0.3) is 0 Å². The molecule has 3 rings (SSSR count). The molecule has 0 fully saturated rings. The minimum atomic E-state index is -0.344. The van der Waals surface area contributed by atoms with Crippen molar-refractivity contribution in [3.63, 3.8) is 0 Å². The maximum absolute atomic E-state index is 13.4. The molecule has 0 aliphatic heterocycles. The van der Waals surface area contributed by atoms with E-state index in [0.29, 0.717) is 5.56 Å². The van der Waals surface area contributed by atoms with E-state index in [2.05, 4.69) is 6.07 Å². The average molecular weight is 268 g/mol. The van der Waals surface area contributed by atoms with Crippen molar-refractivity contribution < 1.29 is 9.18 Å². The molecule has 1 nitrogen and oxygen atoms in total. The Bertz CT molecular complexity index is 660. The number of Topliss-reactive ketones (excluding diaryl/α,β-unsaturated/α-hetero) is 1. The first kappa shape index (κ1) is 13.0. The van der Waals surface area contributed by atoms with Crippen molar-refractivity contribution in [3.05, 3.63) is 70.5 Å². The molecule has 20 heavy (non-hydrogen) atoms. The van der Waals surface area contributed by atoms with Crippen molar-refractivity contribution in [2.24, 2.45) is 0 Å². The van der Waals surface area contributed by atoms with Gasteiger partial charge in [-0.2, -0.15) is 0 Å². The molecule has 1 unspecified atom stereocenters. The van der Waals surface area contributed by atoms with E-state index < -0.39 is 0 Å². The van der Waals surface area contributed by atoms with E-state index in [9.17, 15) is 9.18 Å². The molecule has 1 atom stereocenters. The van der Waals surface area contributed by atoms with Crippen LogP contribution in [0.25, 0.3) is 0 Å². The second kappa shape index (κ2) is 5.20. The van der Waals surface area contributed by atoms with Crippen LogP contribution < -0.4 is 0 Å². The zero-order valence-electron chi connectivity index (χ0n) is 11.5. The number of ketones is 1. The van der Waals surface area contributed by atoms with Crippen LogP contribution in [-0.2, 0) is 6.42 Å². The molecule has 2 aromatic rings. The minimum absolute atomic E-state index is 0.0501. The summed E-state index contributed by atoms with van der Waals surface area (Å²) in [6.45, 7) is 1.86. The normalized spacial score (nSPS) is 17.6. The lowest BCUT2D eigenvalue weighted by Crippen LogP contribution is -2.19. The second-order valence-electron chi connectivity index (χ2n) is 5.47. The number of carbonyl (C=O) groups is 1. The number of benzene rings is 2. The third kappa shape index (κ3) is 2.26. The van der Waals surface area contributed by atoms with Crippen LogP contribution in [0.15, 0.2) is 42.5 Å². The van der Waals surface area contributed by atoms with E-state index in [4.69, 9.17) is 0 Å². The number of fused-ring (bicyclic) bond motifs is 1. The van der Waals surface area contributed by atoms with Crippen LogP contribution in [0.1, 0.15) is 45.8 Å². The van der Waals surface area contributed by atoms with Crippen LogP contribution in [0.2, 0.25) is 0 Å². The van der Waals surface area contributed by atoms with E-state index in [1.54, 1.807) is 6.07 Å². The molecular weight excluding hydrogens is 251 g/mol.